The molecule has 2 aromatic rings. The van der Waals surface area contributed by atoms with Gasteiger partial charge in [-0.3, -0.25) is 0 Å². The minimum absolute atomic E-state index is 0.134. The number of phenolic OH excluding ortho intramolecular Hbond substituents is 2. The first-order valence-corrected chi connectivity index (χ1v) is 6.15. The van der Waals surface area contributed by atoms with E-state index in [1.165, 1.54) is 0 Å². The van der Waals surface area contributed by atoms with E-state index >= 15 is 0 Å². The van der Waals surface area contributed by atoms with Gasteiger partial charge in [0.25, 0.3) is 0 Å². The third kappa shape index (κ3) is 2.40. The topological polar surface area (TPSA) is 49.7 Å². The summed E-state index contributed by atoms with van der Waals surface area (Å²) >= 11 is 0. The summed E-state index contributed by atoms with van der Waals surface area (Å²) in [4.78, 5) is 0. The Hall–Kier alpha value is -2.42. The molecule has 1 heterocycles. The Bertz CT molecular complexity index is 614. The van der Waals surface area contributed by atoms with E-state index in [1.54, 1.807) is 24.3 Å². The monoisotopic (exact) mass is 254 g/mol. The van der Waals surface area contributed by atoms with Crippen LogP contribution in [0, 0.1) is 0 Å². The molecule has 3 heteroatoms. The number of phenols is 2. The van der Waals surface area contributed by atoms with Gasteiger partial charge in [-0.15, -0.1) is 0 Å². The fraction of sp³-hybridized carbons (Fsp3) is 0.125. The Kier molecular flexibility index (Phi) is 2.88. The van der Waals surface area contributed by atoms with Crippen LogP contribution in [0.15, 0.2) is 48.5 Å². The van der Waals surface area contributed by atoms with E-state index in [4.69, 9.17) is 4.74 Å². The first-order chi connectivity index (χ1) is 9.22. The van der Waals surface area contributed by atoms with Crippen molar-refractivity contribution in [3.63, 3.8) is 0 Å². The van der Waals surface area contributed by atoms with Gasteiger partial charge >= 0.3 is 0 Å². The predicted molar refractivity (Wildman–Crippen MR) is 73.5 cm³/mol. The minimum Gasteiger partial charge on any atom is -0.508 e. The summed E-state index contributed by atoms with van der Waals surface area (Å²) in [6.07, 6.45) is 4.08. The fourth-order valence-corrected chi connectivity index (χ4v) is 2.17. The second-order valence-electron chi connectivity index (χ2n) is 4.59. The molecule has 19 heavy (non-hydrogen) atoms. The van der Waals surface area contributed by atoms with Crippen LogP contribution in [0.5, 0.6) is 17.2 Å². The molecule has 1 aliphatic rings. The van der Waals surface area contributed by atoms with Crippen LogP contribution in [-0.4, -0.2) is 16.8 Å². The standard InChI is InChI=1S/C16H14O3/c17-14-6-3-11(4-7-14)13-2-1-12-5-8-15(18)9-16(12)19-10-13/h1-9,13,17-18H,10H2. The highest BCUT2D eigenvalue weighted by Gasteiger charge is 2.14. The quantitative estimate of drug-likeness (QED) is 0.821. The molecule has 0 amide bonds. The molecule has 0 fully saturated rings. The molecule has 2 aromatic carbocycles. The molecular formula is C16H14O3. The Morgan fingerprint density at radius 2 is 1.68 bits per heavy atom. The SMILES string of the molecule is Oc1ccc(C2C=Cc3ccc(O)cc3OC2)cc1. The molecule has 0 radical (unpaired) electrons. The van der Waals surface area contributed by atoms with Crippen LogP contribution >= 0.6 is 0 Å². The van der Waals surface area contributed by atoms with Gasteiger partial charge in [0, 0.05) is 17.5 Å². The van der Waals surface area contributed by atoms with Crippen molar-refractivity contribution >= 4 is 6.08 Å². The minimum atomic E-state index is 0.134. The maximum Gasteiger partial charge on any atom is 0.130 e. The second kappa shape index (κ2) is 4.69. The average Bonchev–Trinajstić information content (AvgIpc) is 2.62. The smallest absolute Gasteiger partial charge is 0.130 e. The Balaban J connectivity index is 1.88. The van der Waals surface area contributed by atoms with Crippen molar-refractivity contribution in [2.75, 3.05) is 6.61 Å². The highest BCUT2D eigenvalue weighted by atomic mass is 16.5. The van der Waals surface area contributed by atoms with Crippen molar-refractivity contribution in [2.45, 2.75) is 5.92 Å². The summed E-state index contributed by atoms with van der Waals surface area (Å²) < 4.78 is 5.74. The van der Waals surface area contributed by atoms with Gasteiger partial charge in [0.15, 0.2) is 0 Å². The molecule has 2 N–H and O–H groups in total. The van der Waals surface area contributed by atoms with Crippen molar-refractivity contribution in [1.29, 1.82) is 0 Å². The number of benzene rings is 2. The van der Waals surface area contributed by atoms with Crippen LogP contribution in [0.2, 0.25) is 0 Å². The summed E-state index contributed by atoms with van der Waals surface area (Å²) in [5.41, 5.74) is 2.05. The first kappa shape index (κ1) is 11.7. The van der Waals surface area contributed by atoms with E-state index in [9.17, 15) is 10.2 Å². The molecular weight excluding hydrogens is 240 g/mol. The van der Waals surface area contributed by atoms with E-state index in [-0.39, 0.29) is 17.4 Å². The Labute approximate surface area is 111 Å². The molecule has 0 aliphatic carbocycles. The lowest BCUT2D eigenvalue weighted by molar-refractivity contribution is 0.306. The number of ether oxygens (including phenoxy) is 1. The molecule has 1 aliphatic heterocycles. The van der Waals surface area contributed by atoms with E-state index in [1.807, 2.05) is 24.3 Å². The van der Waals surface area contributed by atoms with E-state index < -0.39 is 0 Å². The van der Waals surface area contributed by atoms with Crippen LogP contribution < -0.4 is 4.74 Å². The van der Waals surface area contributed by atoms with Gasteiger partial charge in [0.2, 0.25) is 0 Å². The van der Waals surface area contributed by atoms with Crippen molar-refractivity contribution in [3.05, 3.63) is 59.7 Å². The lowest BCUT2D eigenvalue weighted by Crippen LogP contribution is -2.06. The van der Waals surface area contributed by atoms with Crippen molar-refractivity contribution < 1.29 is 14.9 Å². The number of fused-ring (bicyclic) bond motifs is 1. The fourth-order valence-electron chi connectivity index (χ4n) is 2.17. The summed E-state index contributed by atoms with van der Waals surface area (Å²) in [6.45, 7) is 0.512. The third-order valence-corrected chi connectivity index (χ3v) is 3.24. The van der Waals surface area contributed by atoms with Crippen molar-refractivity contribution in [3.8, 4) is 17.2 Å². The molecule has 3 nitrogen and oxygen atoms in total. The largest absolute Gasteiger partial charge is 0.508 e. The van der Waals surface area contributed by atoms with Crippen LogP contribution in [0.1, 0.15) is 17.0 Å². The molecule has 1 atom stereocenters. The highest BCUT2D eigenvalue weighted by molar-refractivity contribution is 5.61. The summed E-state index contributed by atoms with van der Waals surface area (Å²) in [5.74, 6) is 1.29. The number of hydrogen-bond donors (Lipinski definition) is 2. The molecule has 0 bridgehead atoms. The van der Waals surface area contributed by atoms with Gasteiger partial charge in [-0.25, -0.2) is 0 Å². The summed E-state index contributed by atoms with van der Waals surface area (Å²) in [7, 11) is 0. The Morgan fingerprint density at radius 3 is 2.47 bits per heavy atom. The zero-order valence-electron chi connectivity index (χ0n) is 10.3. The lowest BCUT2D eigenvalue weighted by atomic mass is 9.99. The van der Waals surface area contributed by atoms with Crippen molar-refractivity contribution in [1.82, 2.24) is 0 Å². The van der Waals surface area contributed by atoms with E-state index in [2.05, 4.69) is 6.08 Å². The molecule has 0 spiro atoms. The zero-order chi connectivity index (χ0) is 13.2. The van der Waals surface area contributed by atoms with Crippen LogP contribution in [0.25, 0.3) is 6.08 Å². The highest BCUT2D eigenvalue weighted by Crippen LogP contribution is 2.31. The maximum absolute atomic E-state index is 9.46. The van der Waals surface area contributed by atoms with Crippen LogP contribution in [0.4, 0.5) is 0 Å². The van der Waals surface area contributed by atoms with Gasteiger partial charge < -0.3 is 14.9 Å². The van der Waals surface area contributed by atoms with E-state index in [0.717, 1.165) is 11.1 Å². The van der Waals surface area contributed by atoms with Crippen LogP contribution in [0.3, 0.4) is 0 Å². The Morgan fingerprint density at radius 1 is 0.947 bits per heavy atom. The zero-order valence-corrected chi connectivity index (χ0v) is 10.3. The summed E-state index contributed by atoms with van der Waals surface area (Å²) in [6, 6.07) is 12.2. The van der Waals surface area contributed by atoms with Crippen molar-refractivity contribution in [2.24, 2.45) is 0 Å². The van der Waals surface area contributed by atoms with Gasteiger partial charge in [0.05, 0.1) is 6.61 Å². The lowest BCUT2D eigenvalue weighted by Gasteiger charge is -2.13. The molecule has 3 rings (SSSR count). The van der Waals surface area contributed by atoms with Gasteiger partial charge in [-0.1, -0.05) is 24.3 Å². The number of rotatable bonds is 1. The molecule has 0 aromatic heterocycles. The van der Waals surface area contributed by atoms with Gasteiger partial charge in [-0.2, -0.15) is 0 Å². The second-order valence-corrected chi connectivity index (χ2v) is 4.59. The number of aromatic hydroxyl groups is 2. The summed E-state index contributed by atoms with van der Waals surface area (Å²) in [5, 5.41) is 18.8. The number of hydrogen-bond acceptors (Lipinski definition) is 3. The maximum atomic E-state index is 9.46. The average molecular weight is 254 g/mol. The molecule has 0 saturated heterocycles. The third-order valence-electron chi connectivity index (χ3n) is 3.24. The normalized spacial score (nSPS) is 17.4. The first-order valence-electron chi connectivity index (χ1n) is 6.15. The van der Waals surface area contributed by atoms with Gasteiger partial charge in [0.1, 0.15) is 17.2 Å². The molecule has 1 unspecified atom stereocenters. The van der Waals surface area contributed by atoms with Gasteiger partial charge in [-0.05, 0) is 29.8 Å². The van der Waals surface area contributed by atoms with E-state index in [0.29, 0.717) is 12.4 Å². The molecule has 96 valence electrons. The van der Waals surface area contributed by atoms with Crippen LogP contribution in [-0.2, 0) is 0 Å². The predicted octanol–water partition coefficient (Wildman–Crippen LogP) is 3.29. The molecule has 0 saturated carbocycles.